The molecule has 0 aliphatic heterocycles. The van der Waals surface area contributed by atoms with Crippen molar-refractivity contribution >= 4 is 52.1 Å². The van der Waals surface area contributed by atoms with Crippen molar-refractivity contribution in [1.29, 1.82) is 0 Å². The largest absolute Gasteiger partial charge is 0.337 e. The van der Waals surface area contributed by atoms with Gasteiger partial charge in [-0.3, -0.25) is 0 Å². The van der Waals surface area contributed by atoms with Gasteiger partial charge in [-0.05, 0) is 24.6 Å². The standard InChI is InChI=1S/C12H11Cl3N4/c1-6-3-2-4-7(13)10(6)17-11-8(14)5-9(15)12(18-11)19-16/h2-5H,16H2,1H3,(H2,17,18,19). The fraction of sp³-hybridized carbons (Fsp3) is 0.0833. The number of aromatic nitrogens is 1. The van der Waals surface area contributed by atoms with E-state index in [1.165, 1.54) is 0 Å². The lowest BCUT2D eigenvalue weighted by Gasteiger charge is -2.13. The summed E-state index contributed by atoms with van der Waals surface area (Å²) < 4.78 is 0. The Hall–Kier alpha value is -1.20. The zero-order valence-electron chi connectivity index (χ0n) is 9.97. The first-order valence-corrected chi connectivity index (χ1v) is 6.51. The molecule has 4 nitrogen and oxygen atoms in total. The quantitative estimate of drug-likeness (QED) is 0.580. The summed E-state index contributed by atoms with van der Waals surface area (Å²) in [4.78, 5) is 4.20. The molecule has 2 rings (SSSR count). The predicted molar refractivity (Wildman–Crippen MR) is 81.5 cm³/mol. The van der Waals surface area contributed by atoms with Gasteiger partial charge in [-0.15, -0.1) is 0 Å². The van der Waals surface area contributed by atoms with E-state index in [4.69, 9.17) is 40.6 Å². The van der Waals surface area contributed by atoms with Crippen molar-refractivity contribution in [2.75, 3.05) is 10.7 Å². The molecular weight excluding hydrogens is 307 g/mol. The summed E-state index contributed by atoms with van der Waals surface area (Å²) in [6.45, 7) is 1.93. The number of nitrogens with zero attached hydrogens (tertiary/aromatic N) is 1. The third-order valence-corrected chi connectivity index (χ3v) is 3.42. The molecule has 4 N–H and O–H groups in total. The third-order valence-electron chi connectivity index (χ3n) is 2.53. The third kappa shape index (κ3) is 3.04. The highest BCUT2D eigenvalue weighted by Gasteiger charge is 2.11. The number of rotatable bonds is 3. The van der Waals surface area contributed by atoms with Gasteiger partial charge in [-0.25, -0.2) is 10.8 Å². The second kappa shape index (κ2) is 5.84. The zero-order valence-corrected chi connectivity index (χ0v) is 12.2. The van der Waals surface area contributed by atoms with E-state index in [1.807, 2.05) is 19.1 Å². The maximum atomic E-state index is 6.14. The average Bonchev–Trinajstić information content (AvgIpc) is 2.36. The molecule has 0 atom stereocenters. The van der Waals surface area contributed by atoms with E-state index in [1.54, 1.807) is 12.1 Å². The molecule has 0 unspecified atom stereocenters. The minimum Gasteiger partial charge on any atom is -0.337 e. The van der Waals surface area contributed by atoms with Gasteiger partial charge in [0.2, 0.25) is 0 Å². The molecule has 0 aliphatic carbocycles. The zero-order chi connectivity index (χ0) is 14.0. The monoisotopic (exact) mass is 316 g/mol. The van der Waals surface area contributed by atoms with Crippen LogP contribution in [0.1, 0.15) is 5.56 Å². The van der Waals surface area contributed by atoms with Crippen LogP contribution in [0.25, 0.3) is 0 Å². The Kier molecular flexibility index (Phi) is 4.37. The number of pyridine rings is 1. The SMILES string of the molecule is Cc1cccc(Cl)c1Nc1nc(NN)c(Cl)cc1Cl. The topological polar surface area (TPSA) is 63.0 Å². The molecule has 100 valence electrons. The molecule has 1 heterocycles. The number of hydrogen-bond donors (Lipinski definition) is 3. The summed E-state index contributed by atoms with van der Waals surface area (Å²) in [5, 5.41) is 4.38. The summed E-state index contributed by atoms with van der Waals surface area (Å²) >= 11 is 18.2. The van der Waals surface area contributed by atoms with E-state index in [-0.39, 0.29) is 0 Å². The normalized spacial score (nSPS) is 10.4. The van der Waals surface area contributed by atoms with E-state index in [9.17, 15) is 0 Å². The number of nitrogen functional groups attached to an aromatic ring is 1. The lowest BCUT2D eigenvalue weighted by atomic mass is 10.2. The van der Waals surface area contributed by atoms with Crippen LogP contribution in [0.4, 0.5) is 17.3 Å². The number of hydrazine groups is 1. The van der Waals surface area contributed by atoms with Crippen molar-refractivity contribution in [3.05, 3.63) is 44.9 Å². The van der Waals surface area contributed by atoms with Crippen molar-refractivity contribution < 1.29 is 0 Å². The maximum absolute atomic E-state index is 6.14. The van der Waals surface area contributed by atoms with Gasteiger partial charge in [-0.2, -0.15) is 0 Å². The lowest BCUT2D eigenvalue weighted by molar-refractivity contribution is 1.22. The molecule has 7 heteroatoms. The van der Waals surface area contributed by atoms with Gasteiger partial charge >= 0.3 is 0 Å². The Labute approximate surface area is 125 Å². The van der Waals surface area contributed by atoms with Crippen molar-refractivity contribution in [2.24, 2.45) is 5.84 Å². The Morgan fingerprint density at radius 1 is 1.05 bits per heavy atom. The number of nitrogens with one attached hydrogen (secondary N) is 2. The number of nitrogens with two attached hydrogens (primary N) is 1. The minimum atomic E-state index is 0.332. The van der Waals surface area contributed by atoms with Crippen LogP contribution in [-0.2, 0) is 0 Å². The second-order valence-corrected chi connectivity index (χ2v) is 5.07. The highest BCUT2D eigenvalue weighted by atomic mass is 35.5. The van der Waals surface area contributed by atoms with Crippen LogP contribution < -0.4 is 16.6 Å². The molecule has 0 saturated carbocycles. The van der Waals surface area contributed by atoms with Gasteiger partial charge in [0.1, 0.15) is 0 Å². The number of anilines is 3. The Morgan fingerprint density at radius 3 is 2.37 bits per heavy atom. The van der Waals surface area contributed by atoms with Crippen LogP contribution in [0.3, 0.4) is 0 Å². The molecule has 0 fully saturated rings. The number of hydrogen-bond acceptors (Lipinski definition) is 4. The van der Waals surface area contributed by atoms with Crippen molar-refractivity contribution in [3.63, 3.8) is 0 Å². The lowest BCUT2D eigenvalue weighted by Crippen LogP contribution is -2.10. The highest BCUT2D eigenvalue weighted by molar-refractivity contribution is 6.37. The summed E-state index contributed by atoms with van der Waals surface area (Å²) in [6, 6.07) is 7.13. The fourth-order valence-corrected chi connectivity index (χ4v) is 2.29. The van der Waals surface area contributed by atoms with E-state index < -0.39 is 0 Å². The predicted octanol–water partition coefficient (Wildman–Crippen LogP) is 4.38. The smallest absolute Gasteiger partial charge is 0.161 e. The Bertz CT molecular complexity index is 596. The van der Waals surface area contributed by atoms with Crippen LogP contribution in [0, 0.1) is 6.92 Å². The molecule has 2 aromatic rings. The van der Waals surface area contributed by atoms with Crippen molar-refractivity contribution in [3.8, 4) is 0 Å². The maximum Gasteiger partial charge on any atom is 0.161 e. The average molecular weight is 318 g/mol. The van der Waals surface area contributed by atoms with E-state index in [0.29, 0.717) is 26.7 Å². The molecule has 19 heavy (non-hydrogen) atoms. The number of benzene rings is 1. The van der Waals surface area contributed by atoms with Crippen LogP contribution >= 0.6 is 34.8 Å². The van der Waals surface area contributed by atoms with Gasteiger partial charge < -0.3 is 10.7 Å². The molecular formula is C12H11Cl3N4. The number of aryl methyl sites for hydroxylation is 1. The van der Waals surface area contributed by atoms with E-state index in [2.05, 4.69) is 15.7 Å². The van der Waals surface area contributed by atoms with Gasteiger partial charge in [-0.1, -0.05) is 46.9 Å². The van der Waals surface area contributed by atoms with Gasteiger partial charge in [0.05, 0.1) is 20.8 Å². The number of halogens is 3. The van der Waals surface area contributed by atoms with E-state index in [0.717, 1.165) is 11.3 Å². The summed E-state index contributed by atoms with van der Waals surface area (Å²) in [5.74, 6) is 6.09. The first-order valence-electron chi connectivity index (χ1n) is 5.37. The van der Waals surface area contributed by atoms with Gasteiger partial charge in [0.15, 0.2) is 11.6 Å². The molecule has 1 aromatic heterocycles. The van der Waals surface area contributed by atoms with E-state index >= 15 is 0 Å². The first-order chi connectivity index (χ1) is 9.02. The summed E-state index contributed by atoms with van der Waals surface area (Å²) in [5.41, 5.74) is 4.12. The fourth-order valence-electron chi connectivity index (χ4n) is 1.56. The minimum absolute atomic E-state index is 0.332. The van der Waals surface area contributed by atoms with Gasteiger partial charge in [0.25, 0.3) is 0 Å². The molecule has 0 saturated heterocycles. The molecule has 0 bridgehead atoms. The molecule has 0 radical (unpaired) electrons. The Morgan fingerprint density at radius 2 is 1.74 bits per heavy atom. The molecule has 0 aliphatic rings. The first kappa shape index (κ1) is 14.2. The van der Waals surface area contributed by atoms with Crippen LogP contribution in [-0.4, -0.2) is 4.98 Å². The van der Waals surface area contributed by atoms with Crippen molar-refractivity contribution in [1.82, 2.24) is 4.98 Å². The second-order valence-electron chi connectivity index (χ2n) is 3.85. The highest BCUT2D eigenvalue weighted by Crippen LogP contribution is 2.34. The summed E-state index contributed by atoms with van der Waals surface area (Å²) in [7, 11) is 0. The Balaban J connectivity index is 2.44. The van der Waals surface area contributed by atoms with Crippen LogP contribution in [0.5, 0.6) is 0 Å². The van der Waals surface area contributed by atoms with Crippen LogP contribution in [0.15, 0.2) is 24.3 Å². The molecule has 1 aromatic carbocycles. The van der Waals surface area contributed by atoms with Crippen molar-refractivity contribution in [2.45, 2.75) is 6.92 Å². The summed E-state index contributed by atoms with van der Waals surface area (Å²) in [6.07, 6.45) is 0. The molecule has 0 amide bonds. The van der Waals surface area contributed by atoms with Crippen LogP contribution in [0.2, 0.25) is 15.1 Å². The van der Waals surface area contributed by atoms with Gasteiger partial charge in [0, 0.05) is 0 Å². The molecule has 0 spiro atoms. The number of para-hydroxylation sites is 1.